The maximum Gasteiger partial charge on any atom is 0.255 e. The largest absolute Gasteiger partial charge is 0.383 e. The minimum absolute atomic E-state index is 0.0250. The van der Waals surface area contributed by atoms with Crippen LogP contribution >= 0.6 is 23.1 Å². The molecule has 0 aromatic carbocycles. The lowest BCUT2D eigenvalue weighted by Gasteiger charge is -2.53. The van der Waals surface area contributed by atoms with Crippen molar-refractivity contribution in [3.63, 3.8) is 0 Å². The van der Waals surface area contributed by atoms with Gasteiger partial charge in [0, 0.05) is 50.5 Å². The van der Waals surface area contributed by atoms with Gasteiger partial charge in [0.2, 0.25) is 5.91 Å². The van der Waals surface area contributed by atoms with Crippen LogP contribution in [0, 0.1) is 19.3 Å². The van der Waals surface area contributed by atoms with Gasteiger partial charge < -0.3 is 25.3 Å². The summed E-state index contributed by atoms with van der Waals surface area (Å²) in [6, 6.07) is 4.04. The fourth-order valence-corrected chi connectivity index (χ4v) is 6.77. The molecular weight excluding hydrogens is 565 g/mol. The number of carbonyl (C=O) groups is 2. The van der Waals surface area contributed by atoms with E-state index in [-0.39, 0.29) is 36.9 Å². The van der Waals surface area contributed by atoms with Crippen molar-refractivity contribution in [1.29, 1.82) is 5.41 Å². The van der Waals surface area contributed by atoms with Gasteiger partial charge in [-0.25, -0.2) is 14.4 Å². The van der Waals surface area contributed by atoms with E-state index >= 15 is 0 Å². The van der Waals surface area contributed by atoms with E-state index in [9.17, 15) is 14.0 Å². The average molecular weight is 602 g/mol. The first-order valence-electron chi connectivity index (χ1n) is 13.4. The van der Waals surface area contributed by atoms with E-state index in [2.05, 4.69) is 27.0 Å². The van der Waals surface area contributed by atoms with Gasteiger partial charge in [-0.2, -0.15) is 0 Å². The molecule has 10 nitrogen and oxygen atoms in total. The van der Waals surface area contributed by atoms with Crippen LogP contribution in [0.3, 0.4) is 0 Å². The molecule has 5 heterocycles. The van der Waals surface area contributed by atoms with Crippen LogP contribution < -0.4 is 5.32 Å². The van der Waals surface area contributed by atoms with Gasteiger partial charge in [-0.15, -0.1) is 23.1 Å². The van der Waals surface area contributed by atoms with E-state index in [0.29, 0.717) is 37.4 Å². The van der Waals surface area contributed by atoms with Gasteiger partial charge in [0.25, 0.3) is 5.91 Å². The van der Waals surface area contributed by atoms with Crippen molar-refractivity contribution >= 4 is 58.9 Å². The molecule has 2 amide bonds. The number of thioether (sulfide) groups is 1. The minimum Gasteiger partial charge on any atom is -0.383 e. The number of amides is 2. The summed E-state index contributed by atoms with van der Waals surface area (Å²) in [6.45, 7) is 8.86. The van der Waals surface area contributed by atoms with Crippen molar-refractivity contribution < 1.29 is 18.7 Å². The quantitative estimate of drug-likeness (QED) is 0.233. The standard InChI is InChI=1S/C21H24N6OS2.C7H12FNO2/c1-12-20(30-13(2)26-12)18(23-3)10-29-11-25-19-5-4-14(9-24-19)21(28)27-16-6-15(22)7-17(27)8-16;1-11-3-2-9-5-6(8)4-7(9)10/h4-5,9-10,16-17,22H,3,6-8,11H2,1-2H3,(H,24,25);6H,2-5H2,1H3/b18-10-,22-15?;/t16-,17+;. The highest BCUT2D eigenvalue weighted by Crippen LogP contribution is 2.37. The number of aryl methyl sites for hydroxylation is 2. The fourth-order valence-electron chi connectivity index (χ4n) is 5.13. The number of pyridine rings is 1. The van der Waals surface area contributed by atoms with Crippen LogP contribution in [0.2, 0.25) is 0 Å². The predicted molar refractivity (Wildman–Crippen MR) is 163 cm³/mol. The number of carbonyl (C=O) groups excluding carboxylic acids is 2. The fraction of sp³-hybridized carbons (Fsp3) is 0.500. The van der Waals surface area contributed by atoms with Crippen LogP contribution in [-0.4, -0.2) is 94.9 Å². The molecule has 41 heavy (non-hydrogen) atoms. The molecule has 2 aromatic rings. The third-order valence-electron chi connectivity index (χ3n) is 7.11. The zero-order valence-corrected chi connectivity index (χ0v) is 25.2. The number of alkyl halides is 1. The summed E-state index contributed by atoms with van der Waals surface area (Å²) >= 11 is 3.18. The highest BCUT2D eigenvalue weighted by molar-refractivity contribution is 8.02. The van der Waals surface area contributed by atoms with Gasteiger partial charge in [-0.05, 0) is 44.5 Å². The first kappa shape index (κ1) is 30.8. The summed E-state index contributed by atoms with van der Waals surface area (Å²) in [7, 11) is 1.56. The molecule has 2 aromatic heterocycles. The van der Waals surface area contributed by atoms with Crippen molar-refractivity contribution in [3.8, 4) is 0 Å². The Morgan fingerprint density at radius 1 is 1.34 bits per heavy atom. The molecule has 0 spiro atoms. The number of ether oxygens (including phenoxy) is 1. The number of aliphatic imine (C=N–C) groups is 1. The summed E-state index contributed by atoms with van der Waals surface area (Å²) < 4.78 is 17.3. The van der Waals surface area contributed by atoms with Gasteiger partial charge in [-0.1, -0.05) is 0 Å². The predicted octanol–water partition coefficient (Wildman–Crippen LogP) is 4.56. The van der Waals surface area contributed by atoms with Crippen LogP contribution in [0.1, 0.15) is 51.6 Å². The molecule has 0 radical (unpaired) electrons. The molecule has 3 saturated heterocycles. The smallest absolute Gasteiger partial charge is 0.255 e. The number of methoxy groups -OCH3 is 1. The second kappa shape index (κ2) is 14.1. The average Bonchev–Trinajstić information content (AvgIpc) is 3.45. The van der Waals surface area contributed by atoms with E-state index < -0.39 is 6.17 Å². The van der Waals surface area contributed by atoms with Gasteiger partial charge in [0.05, 0.1) is 52.3 Å². The Morgan fingerprint density at radius 2 is 2.10 bits per heavy atom. The van der Waals surface area contributed by atoms with E-state index in [1.165, 1.54) is 4.90 Å². The number of likely N-dealkylation sites (tertiary alicyclic amines) is 1. The number of halogens is 1. The van der Waals surface area contributed by atoms with Crippen LogP contribution in [-0.2, 0) is 9.53 Å². The van der Waals surface area contributed by atoms with Crippen molar-refractivity contribution in [2.75, 3.05) is 38.0 Å². The first-order chi connectivity index (χ1) is 19.7. The van der Waals surface area contributed by atoms with Gasteiger partial charge in [0.1, 0.15) is 12.0 Å². The number of fused-ring (bicyclic) bond motifs is 2. The van der Waals surface area contributed by atoms with Crippen molar-refractivity contribution in [3.05, 3.63) is 44.9 Å². The summed E-state index contributed by atoms with van der Waals surface area (Å²) in [5.41, 5.74) is 3.16. The van der Waals surface area contributed by atoms with Crippen molar-refractivity contribution in [2.24, 2.45) is 4.99 Å². The molecule has 2 bridgehead atoms. The Bertz CT molecular complexity index is 1290. The Morgan fingerprint density at radius 3 is 2.66 bits per heavy atom. The molecule has 220 valence electrons. The highest BCUT2D eigenvalue weighted by Gasteiger charge is 2.46. The second-order valence-corrected chi connectivity index (χ2v) is 12.2. The molecule has 5 rings (SSSR count). The SMILES string of the molecule is C=N/C(=C\SCNc1ccc(C(=O)N2[C@@H]3CC(=N)C[C@H]2C3)cn1)c1sc(C)nc1C.COCCN1CC(F)CC1=O. The molecule has 3 aliphatic rings. The Labute approximate surface area is 248 Å². The van der Waals surface area contributed by atoms with Gasteiger partial charge in [-0.3, -0.25) is 14.6 Å². The number of rotatable bonds is 10. The molecule has 2 N–H and O–H groups in total. The van der Waals surface area contributed by atoms with Crippen LogP contribution in [0.5, 0.6) is 0 Å². The van der Waals surface area contributed by atoms with Crippen molar-refractivity contribution in [1.82, 2.24) is 19.8 Å². The number of thiazole rings is 1. The molecule has 3 fully saturated rings. The number of anilines is 1. The van der Waals surface area contributed by atoms with Gasteiger partial charge >= 0.3 is 0 Å². The van der Waals surface area contributed by atoms with Crippen LogP contribution in [0.15, 0.2) is 28.7 Å². The topological polar surface area (TPSA) is 124 Å². The van der Waals surface area contributed by atoms with Crippen LogP contribution in [0.25, 0.3) is 5.70 Å². The Hall–Kier alpha value is -3.16. The summed E-state index contributed by atoms with van der Waals surface area (Å²) in [4.78, 5) is 41.1. The Balaban J connectivity index is 0.000000296. The summed E-state index contributed by atoms with van der Waals surface area (Å²) in [5.74, 6) is 1.26. The maximum atomic E-state index is 12.8. The van der Waals surface area contributed by atoms with E-state index in [1.54, 1.807) is 36.4 Å². The number of piperidine rings is 1. The molecule has 3 aliphatic heterocycles. The summed E-state index contributed by atoms with van der Waals surface area (Å²) in [5, 5.41) is 14.0. The first-order valence-corrected chi connectivity index (χ1v) is 15.3. The number of aromatic nitrogens is 2. The van der Waals surface area contributed by atoms with E-state index in [4.69, 9.17) is 10.1 Å². The molecule has 0 aliphatic carbocycles. The summed E-state index contributed by atoms with van der Waals surface area (Å²) in [6.07, 6.45) is 3.15. The van der Waals surface area contributed by atoms with Crippen LogP contribution in [0.4, 0.5) is 10.2 Å². The lowest BCUT2D eigenvalue weighted by atomic mass is 9.78. The third-order valence-corrected chi connectivity index (χ3v) is 8.91. The molecule has 13 heteroatoms. The number of hydrogen-bond donors (Lipinski definition) is 2. The zero-order chi connectivity index (χ0) is 29.5. The number of hydrogen-bond acceptors (Lipinski definition) is 10. The maximum absolute atomic E-state index is 12.8. The normalized spacial score (nSPS) is 21.8. The third kappa shape index (κ3) is 7.77. The molecule has 3 atom stereocenters. The highest BCUT2D eigenvalue weighted by atomic mass is 32.2. The van der Waals surface area contributed by atoms with E-state index in [1.807, 2.05) is 36.3 Å². The zero-order valence-electron chi connectivity index (χ0n) is 23.6. The van der Waals surface area contributed by atoms with Gasteiger partial charge in [0.15, 0.2) is 0 Å². The Kier molecular flexibility index (Phi) is 10.6. The number of nitrogens with zero attached hydrogens (tertiary/aromatic N) is 5. The minimum atomic E-state index is -0.973. The lowest BCUT2D eigenvalue weighted by Crippen LogP contribution is -2.63. The molecule has 0 saturated carbocycles. The number of nitrogens with one attached hydrogen (secondary N) is 2. The van der Waals surface area contributed by atoms with Crippen molar-refractivity contribution in [2.45, 2.75) is 57.8 Å². The molecular formula is C28H36FN7O3S2. The monoisotopic (exact) mass is 601 g/mol. The van der Waals surface area contributed by atoms with E-state index in [0.717, 1.165) is 39.2 Å². The lowest BCUT2D eigenvalue weighted by molar-refractivity contribution is -0.128. The second-order valence-electron chi connectivity index (χ2n) is 10.1. The molecule has 1 unspecified atom stereocenters.